The summed E-state index contributed by atoms with van der Waals surface area (Å²) in [4.78, 5) is 0. The molecule has 19 heavy (non-hydrogen) atoms. The van der Waals surface area contributed by atoms with E-state index >= 15 is 0 Å². The maximum absolute atomic E-state index is 12.3. The first-order chi connectivity index (χ1) is 9.06. The average molecular weight is 275 g/mol. The Hall–Kier alpha value is -1.40. The molecule has 0 aromatic heterocycles. The van der Waals surface area contributed by atoms with Gasteiger partial charge in [-0.2, -0.15) is 8.78 Å². The number of rotatable bonds is 8. The highest BCUT2D eigenvalue weighted by atomic mass is 19.3. The summed E-state index contributed by atoms with van der Waals surface area (Å²) in [5, 5.41) is 12.0. The Bertz CT molecular complexity index is 388. The van der Waals surface area contributed by atoms with Gasteiger partial charge in [0.15, 0.2) is 0 Å². The third-order valence-electron chi connectivity index (χ3n) is 2.61. The van der Waals surface area contributed by atoms with Crippen LogP contribution in [0.25, 0.3) is 0 Å². The van der Waals surface area contributed by atoms with Crippen LogP contribution in [0, 0.1) is 5.92 Å². The lowest BCUT2D eigenvalue weighted by Gasteiger charge is -2.14. The lowest BCUT2D eigenvalue weighted by atomic mass is 10.1. The van der Waals surface area contributed by atoms with Crippen LogP contribution in [0.4, 0.5) is 8.78 Å². The Balaban J connectivity index is 2.69. The van der Waals surface area contributed by atoms with Crippen LogP contribution >= 0.6 is 0 Å². The van der Waals surface area contributed by atoms with Crippen LogP contribution in [0.3, 0.4) is 0 Å². The molecular weight excluding hydrogens is 256 g/mol. The number of alkyl halides is 2. The fourth-order valence-corrected chi connectivity index (χ4v) is 1.53. The molecule has 0 aliphatic carbocycles. The first-order valence-electron chi connectivity index (χ1n) is 6.00. The predicted octanol–water partition coefficient (Wildman–Crippen LogP) is 2.01. The number of hydrogen-bond donors (Lipinski definition) is 2. The van der Waals surface area contributed by atoms with Crippen LogP contribution in [0.1, 0.15) is 12.5 Å². The van der Waals surface area contributed by atoms with Crippen LogP contribution in [-0.4, -0.2) is 32.0 Å². The minimum atomic E-state index is -2.87. The molecule has 6 heteroatoms. The van der Waals surface area contributed by atoms with Gasteiger partial charge in [-0.05, 0) is 12.0 Å². The zero-order valence-corrected chi connectivity index (χ0v) is 11.0. The second kappa shape index (κ2) is 7.91. The summed E-state index contributed by atoms with van der Waals surface area (Å²) in [6.45, 7) is 0.0721. The third-order valence-corrected chi connectivity index (χ3v) is 2.61. The Morgan fingerprint density at radius 1 is 1.37 bits per heavy atom. The van der Waals surface area contributed by atoms with Gasteiger partial charge in [-0.15, -0.1) is 0 Å². The number of ether oxygens (including phenoxy) is 2. The van der Waals surface area contributed by atoms with Gasteiger partial charge in [0.05, 0.1) is 7.11 Å². The molecule has 2 N–H and O–H groups in total. The Labute approximate surface area is 111 Å². The van der Waals surface area contributed by atoms with Crippen molar-refractivity contribution in [2.75, 3.05) is 20.3 Å². The fraction of sp³-hybridized carbons (Fsp3) is 0.538. The van der Waals surface area contributed by atoms with Crippen molar-refractivity contribution in [3.05, 3.63) is 23.8 Å². The molecule has 1 rings (SSSR count). The van der Waals surface area contributed by atoms with Crippen molar-refractivity contribution in [3.63, 3.8) is 0 Å². The average Bonchev–Trinajstić information content (AvgIpc) is 2.39. The number of aliphatic hydroxyl groups excluding tert-OH is 1. The molecule has 0 radical (unpaired) electrons. The minimum absolute atomic E-state index is 0.0794. The summed E-state index contributed by atoms with van der Waals surface area (Å²) in [6.07, 6.45) is 0. The molecule has 0 saturated heterocycles. The molecule has 1 aromatic carbocycles. The van der Waals surface area contributed by atoms with Gasteiger partial charge in [0.2, 0.25) is 0 Å². The topological polar surface area (TPSA) is 50.7 Å². The van der Waals surface area contributed by atoms with E-state index in [2.05, 4.69) is 10.1 Å². The van der Waals surface area contributed by atoms with Crippen LogP contribution in [0.5, 0.6) is 11.5 Å². The zero-order chi connectivity index (χ0) is 14.3. The molecule has 0 aliphatic heterocycles. The highest BCUT2D eigenvalue weighted by molar-refractivity contribution is 5.40. The van der Waals surface area contributed by atoms with Crippen molar-refractivity contribution in [1.29, 1.82) is 0 Å². The van der Waals surface area contributed by atoms with Crippen molar-refractivity contribution >= 4 is 0 Å². The number of hydrogen-bond acceptors (Lipinski definition) is 4. The Morgan fingerprint density at radius 2 is 2.11 bits per heavy atom. The Kier molecular flexibility index (Phi) is 6.52. The van der Waals surface area contributed by atoms with E-state index in [1.165, 1.54) is 13.2 Å². The van der Waals surface area contributed by atoms with Crippen LogP contribution in [-0.2, 0) is 6.54 Å². The van der Waals surface area contributed by atoms with E-state index in [1.54, 1.807) is 12.1 Å². The van der Waals surface area contributed by atoms with Crippen LogP contribution in [0.2, 0.25) is 0 Å². The summed E-state index contributed by atoms with van der Waals surface area (Å²) >= 11 is 0. The zero-order valence-electron chi connectivity index (χ0n) is 11.0. The smallest absolute Gasteiger partial charge is 0.387 e. The molecule has 0 fully saturated rings. The molecule has 0 aliphatic rings. The molecule has 4 nitrogen and oxygen atoms in total. The maximum atomic E-state index is 12.3. The number of halogens is 2. The second-order valence-corrected chi connectivity index (χ2v) is 4.27. The molecule has 0 spiro atoms. The molecule has 0 heterocycles. The first kappa shape index (κ1) is 15.7. The van der Waals surface area contributed by atoms with Gasteiger partial charge in [-0.25, -0.2) is 0 Å². The Morgan fingerprint density at radius 3 is 2.68 bits per heavy atom. The van der Waals surface area contributed by atoms with Gasteiger partial charge in [0, 0.05) is 31.3 Å². The molecule has 1 unspecified atom stereocenters. The van der Waals surface area contributed by atoms with Crippen molar-refractivity contribution < 1.29 is 23.4 Å². The standard InChI is InChI=1S/C13H19F2NO3/c1-9(8-17)6-16-7-10-3-4-11(18-2)5-12(10)19-13(14)15/h3-5,9,13,16-17H,6-8H2,1-2H3. The summed E-state index contributed by atoms with van der Waals surface area (Å²) in [5.41, 5.74) is 0.617. The molecule has 0 amide bonds. The van der Waals surface area contributed by atoms with Crippen molar-refractivity contribution in [2.45, 2.75) is 20.1 Å². The molecular formula is C13H19F2NO3. The van der Waals surface area contributed by atoms with E-state index in [9.17, 15) is 8.78 Å². The molecule has 0 bridgehead atoms. The SMILES string of the molecule is COc1ccc(CNCC(C)CO)c(OC(F)F)c1. The third kappa shape index (κ3) is 5.40. The monoisotopic (exact) mass is 275 g/mol. The number of nitrogens with one attached hydrogen (secondary N) is 1. The maximum Gasteiger partial charge on any atom is 0.387 e. The van der Waals surface area contributed by atoms with Gasteiger partial charge >= 0.3 is 6.61 Å². The largest absolute Gasteiger partial charge is 0.497 e. The number of aliphatic hydroxyl groups is 1. The lowest BCUT2D eigenvalue weighted by Crippen LogP contribution is -2.23. The highest BCUT2D eigenvalue weighted by Crippen LogP contribution is 2.26. The van der Waals surface area contributed by atoms with Crippen molar-refractivity contribution in [2.24, 2.45) is 5.92 Å². The van der Waals surface area contributed by atoms with Crippen LogP contribution in [0.15, 0.2) is 18.2 Å². The highest BCUT2D eigenvalue weighted by Gasteiger charge is 2.11. The van der Waals surface area contributed by atoms with Gasteiger partial charge in [-0.1, -0.05) is 13.0 Å². The van der Waals surface area contributed by atoms with Crippen molar-refractivity contribution in [3.8, 4) is 11.5 Å². The van der Waals surface area contributed by atoms with Gasteiger partial charge < -0.3 is 19.9 Å². The summed E-state index contributed by atoms with van der Waals surface area (Å²) in [6, 6.07) is 4.79. The quantitative estimate of drug-likeness (QED) is 0.762. The number of methoxy groups -OCH3 is 1. The number of benzene rings is 1. The molecule has 1 aromatic rings. The van der Waals surface area contributed by atoms with E-state index in [-0.39, 0.29) is 18.3 Å². The van der Waals surface area contributed by atoms with E-state index in [0.717, 1.165) is 0 Å². The summed E-state index contributed by atoms with van der Waals surface area (Å²) < 4.78 is 34.1. The van der Waals surface area contributed by atoms with Gasteiger partial charge in [0.1, 0.15) is 11.5 Å². The van der Waals surface area contributed by atoms with E-state index < -0.39 is 6.61 Å². The second-order valence-electron chi connectivity index (χ2n) is 4.27. The van der Waals surface area contributed by atoms with E-state index in [4.69, 9.17) is 9.84 Å². The fourth-order valence-electron chi connectivity index (χ4n) is 1.53. The van der Waals surface area contributed by atoms with E-state index in [0.29, 0.717) is 24.4 Å². The first-order valence-corrected chi connectivity index (χ1v) is 6.00. The predicted molar refractivity (Wildman–Crippen MR) is 67.6 cm³/mol. The van der Waals surface area contributed by atoms with Crippen LogP contribution < -0.4 is 14.8 Å². The van der Waals surface area contributed by atoms with Gasteiger partial charge in [-0.3, -0.25) is 0 Å². The van der Waals surface area contributed by atoms with Crippen molar-refractivity contribution in [1.82, 2.24) is 5.32 Å². The lowest BCUT2D eigenvalue weighted by molar-refractivity contribution is -0.0505. The summed E-state index contributed by atoms with van der Waals surface area (Å²) in [5.74, 6) is 0.666. The van der Waals surface area contributed by atoms with E-state index in [1.807, 2.05) is 6.92 Å². The normalized spacial score (nSPS) is 12.5. The van der Waals surface area contributed by atoms with Gasteiger partial charge in [0.25, 0.3) is 0 Å². The molecule has 0 saturated carbocycles. The minimum Gasteiger partial charge on any atom is -0.497 e. The summed E-state index contributed by atoms with van der Waals surface area (Å²) in [7, 11) is 1.46. The molecule has 1 atom stereocenters. The molecule has 108 valence electrons.